The Hall–Kier alpha value is -8.01. The fourth-order valence-corrected chi connectivity index (χ4v) is 9.30. The van der Waals surface area contributed by atoms with Gasteiger partial charge in [0.05, 0.1) is 11.0 Å². The Bertz CT molecular complexity index is 3480. The molecule has 60 heavy (non-hydrogen) atoms. The van der Waals surface area contributed by atoms with E-state index in [1.54, 1.807) is 0 Å². The molecular formula is C57H37N3. The summed E-state index contributed by atoms with van der Waals surface area (Å²) in [4.78, 5) is 7.38. The van der Waals surface area contributed by atoms with Crippen LogP contribution in [0, 0.1) is 0 Å². The third-order valence-corrected chi connectivity index (χ3v) is 12.1. The molecule has 0 amide bonds. The quantitative estimate of drug-likeness (QED) is 0.151. The first-order valence-corrected chi connectivity index (χ1v) is 20.5. The fraction of sp³-hybridized carbons (Fsp3) is 0. The smallest absolute Gasteiger partial charge is 0.145 e. The predicted molar refractivity (Wildman–Crippen MR) is 253 cm³/mol. The maximum atomic E-state index is 5.06. The molecule has 0 saturated heterocycles. The van der Waals surface area contributed by atoms with E-state index in [4.69, 9.17) is 4.98 Å². The highest BCUT2D eigenvalue weighted by molar-refractivity contribution is 6.27. The van der Waals surface area contributed by atoms with Crippen LogP contribution in [0.2, 0.25) is 0 Å². The molecule has 12 aromatic rings. The van der Waals surface area contributed by atoms with Crippen molar-refractivity contribution < 1.29 is 0 Å². The van der Waals surface area contributed by atoms with E-state index in [2.05, 4.69) is 228 Å². The first-order chi connectivity index (χ1) is 29.7. The number of rotatable bonds is 7. The largest absolute Gasteiger partial charge is 0.310 e. The van der Waals surface area contributed by atoms with Crippen molar-refractivity contribution in [2.45, 2.75) is 0 Å². The van der Waals surface area contributed by atoms with Crippen molar-refractivity contribution >= 4 is 71.2 Å². The Kier molecular flexibility index (Phi) is 7.85. The number of benzene rings is 11. The second-order valence-electron chi connectivity index (χ2n) is 15.6. The molecule has 0 atom stereocenters. The van der Waals surface area contributed by atoms with Crippen molar-refractivity contribution in [2.24, 2.45) is 0 Å². The van der Waals surface area contributed by atoms with E-state index in [0.29, 0.717) is 0 Å². The molecule has 0 radical (unpaired) electrons. The van der Waals surface area contributed by atoms with Crippen LogP contribution in [0.25, 0.3) is 93.5 Å². The summed E-state index contributed by atoms with van der Waals surface area (Å²) >= 11 is 0. The van der Waals surface area contributed by atoms with Crippen LogP contribution >= 0.6 is 0 Å². The molecule has 1 aromatic heterocycles. The maximum Gasteiger partial charge on any atom is 0.145 e. The Morgan fingerprint density at radius 1 is 0.350 bits per heavy atom. The summed E-state index contributed by atoms with van der Waals surface area (Å²) in [5, 5.41) is 10.1. The summed E-state index contributed by atoms with van der Waals surface area (Å²) in [6, 6.07) is 81.1. The van der Waals surface area contributed by atoms with E-state index < -0.39 is 0 Å². The minimum absolute atomic E-state index is 0.942. The predicted octanol–water partition coefficient (Wildman–Crippen LogP) is 15.5. The lowest BCUT2D eigenvalue weighted by molar-refractivity contribution is 1.10. The van der Waals surface area contributed by atoms with Gasteiger partial charge in [0.2, 0.25) is 0 Å². The first-order valence-electron chi connectivity index (χ1n) is 20.5. The monoisotopic (exact) mass is 763 g/mol. The Morgan fingerprint density at radius 3 is 1.53 bits per heavy atom. The van der Waals surface area contributed by atoms with Crippen LogP contribution < -0.4 is 4.90 Å². The molecule has 0 fully saturated rings. The average molecular weight is 764 g/mol. The summed E-state index contributed by atoms with van der Waals surface area (Å²) in [6.07, 6.45) is 0. The Morgan fingerprint density at radius 2 is 0.867 bits per heavy atom. The molecule has 0 spiro atoms. The number of para-hydroxylation sites is 4. The van der Waals surface area contributed by atoms with Gasteiger partial charge >= 0.3 is 0 Å². The van der Waals surface area contributed by atoms with Crippen molar-refractivity contribution in [2.75, 3.05) is 4.90 Å². The summed E-state index contributed by atoms with van der Waals surface area (Å²) in [6.45, 7) is 0. The van der Waals surface area contributed by atoms with Crippen LogP contribution in [0.15, 0.2) is 224 Å². The summed E-state index contributed by atoms with van der Waals surface area (Å²) in [7, 11) is 0. The molecule has 280 valence electrons. The van der Waals surface area contributed by atoms with Gasteiger partial charge in [0, 0.05) is 28.3 Å². The number of fused-ring (bicyclic) bond motifs is 2. The van der Waals surface area contributed by atoms with Crippen LogP contribution in [-0.4, -0.2) is 9.55 Å². The topological polar surface area (TPSA) is 21.1 Å². The van der Waals surface area contributed by atoms with E-state index in [9.17, 15) is 0 Å². The van der Waals surface area contributed by atoms with Crippen LogP contribution in [0.1, 0.15) is 0 Å². The zero-order valence-electron chi connectivity index (χ0n) is 32.7. The van der Waals surface area contributed by atoms with Gasteiger partial charge in [-0.05, 0) is 132 Å². The number of hydrogen-bond donors (Lipinski definition) is 0. The van der Waals surface area contributed by atoms with Crippen molar-refractivity contribution in [1.82, 2.24) is 9.55 Å². The van der Waals surface area contributed by atoms with Gasteiger partial charge in [0.15, 0.2) is 0 Å². The van der Waals surface area contributed by atoms with Gasteiger partial charge in [-0.15, -0.1) is 0 Å². The maximum absolute atomic E-state index is 5.06. The van der Waals surface area contributed by atoms with E-state index >= 15 is 0 Å². The lowest BCUT2D eigenvalue weighted by Crippen LogP contribution is -2.09. The molecule has 1 heterocycles. The summed E-state index contributed by atoms with van der Waals surface area (Å²) in [5.74, 6) is 0.942. The van der Waals surface area contributed by atoms with Gasteiger partial charge in [-0.1, -0.05) is 158 Å². The van der Waals surface area contributed by atoms with E-state index in [1.165, 1.54) is 65.3 Å². The highest BCUT2D eigenvalue weighted by Crippen LogP contribution is 2.44. The number of hydrogen-bond acceptors (Lipinski definition) is 2. The van der Waals surface area contributed by atoms with Crippen molar-refractivity contribution in [1.29, 1.82) is 0 Å². The van der Waals surface area contributed by atoms with Gasteiger partial charge in [-0.3, -0.25) is 4.57 Å². The second-order valence-corrected chi connectivity index (χ2v) is 15.6. The van der Waals surface area contributed by atoms with E-state index in [-0.39, 0.29) is 0 Å². The fourth-order valence-electron chi connectivity index (χ4n) is 9.30. The zero-order valence-corrected chi connectivity index (χ0v) is 32.7. The molecule has 3 heteroatoms. The van der Waals surface area contributed by atoms with Gasteiger partial charge in [-0.2, -0.15) is 0 Å². The SMILES string of the molecule is c1ccc(-c2nc3ccccc3n2-c2ccc(-c3ccc4ccc5c(-c6ccc7cc(N(c8ccccc8)c8ccccc8)ccc7c6)ccc6ccc3c4c65)cc2)cc1. The molecule has 11 aromatic carbocycles. The lowest BCUT2D eigenvalue weighted by atomic mass is 9.87. The Balaban J connectivity index is 0.939. The Labute approximate surface area is 348 Å². The van der Waals surface area contributed by atoms with Crippen LogP contribution in [-0.2, 0) is 0 Å². The molecule has 0 aliphatic heterocycles. The third kappa shape index (κ3) is 5.55. The highest BCUT2D eigenvalue weighted by Gasteiger charge is 2.18. The lowest BCUT2D eigenvalue weighted by Gasteiger charge is -2.25. The molecule has 0 unspecified atom stereocenters. The molecule has 0 aliphatic carbocycles. The average Bonchev–Trinajstić information content (AvgIpc) is 3.71. The standard InChI is InChI=1S/C57H37N3/c1-4-12-41(13-5-1)57-58-53-18-10-11-19-54(53)60(57)47-29-22-38(23-30-47)49-32-25-39-28-35-52-50(33-26-40-27-34-51(49)55(39)56(40)52)44-21-20-43-37-48(31-24-42(43)36-44)59(45-14-6-2-7-15-45)46-16-8-3-9-17-46/h1-37H. The molecule has 0 bridgehead atoms. The van der Waals surface area contributed by atoms with Gasteiger partial charge in [0.25, 0.3) is 0 Å². The molecule has 3 nitrogen and oxygen atoms in total. The minimum atomic E-state index is 0.942. The van der Waals surface area contributed by atoms with Crippen LogP contribution in [0.4, 0.5) is 17.1 Å². The summed E-state index contributed by atoms with van der Waals surface area (Å²) < 4.78 is 2.27. The van der Waals surface area contributed by atoms with Gasteiger partial charge < -0.3 is 4.90 Å². The number of imidazole rings is 1. The normalized spacial score (nSPS) is 11.7. The van der Waals surface area contributed by atoms with E-state index in [0.717, 1.165) is 45.2 Å². The van der Waals surface area contributed by atoms with Gasteiger partial charge in [0.1, 0.15) is 5.82 Å². The van der Waals surface area contributed by atoms with Crippen molar-refractivity contribution in [3.63, 3.8) is 0 Å². The second kappa shape index (κ2) is 13.8. The third-order valence-electron chi connectivity index (χ3n) is 12.1. The van der Waals surface area contributed by atoms with E-state index in [1.807, 2.05) is 6.07 Å². The number of nitrogens with zero attached hydrogens (tertiary/aromatic N) is 3. The highest BCUT2D eigenvalue weighted by atomic mass is 15.1. The summed E-state index contributed by atoms with van der Waals surface area (Å²) in [5.41, 5.74) is 12.5. The van der Waals surface area contributed by atoms with Crippen LogP contribution in [0.3, 0.4) is 0 Å². The van der Waals surface area contributed by atoms with Crippen molar-refractivity contribution in [3.8, 4) is 39.3 Å². The van der Waals surface area contributed by atoms with Gasteiger partial charge in [-0.25, -0.2) is 4.98 Å². The van der Waals surface area contributed by atoms with Crippen molar-refractivity contribution in [3.05, 3.63) is 224 Å². The number of aromatic nitrogens is 2. The number of anilines is 3. The zero-order chi connectivity index (χ0) is 39.6. The molecule has 0 aliphatic rings. The molecule has 0 N–H and O–H groups in total. The molecule has 0 saturated carbocycles. The first kappa shape index (κ1) is 34.1. The van der Waals surface area contributed by atoms with Crippen LogP contribution in [0.5, 0.6) is 0 Å². The molecule has 12 rings (SSSR count). The minimum Gasteiger partial charge on any atom is -0.310 e. The molecular weight excluding hydrogens is 727 g/mol.